The van der Waals surface area contributed by atoms with Crippen molar-refractivity contribution < 1.29 is 19.4 Å². The van der Waals surface area contributed by atoms with Crippen molar-refractivity contribution in [1.29, 1.82) is 0 Å². The molecule has 0 aliphatic heterocycles. The Balaban J connectivity index is 2.43. The highest BCUT2D eigenvalue weighted by Crippen LogP contribution is 2.22. The van der Waals surface area contributed by atoms with Crippen LogP contribution in [0.4, 0.5) is 0 Å². The third-order valence-corrected chi connectivity index (χ3v) is 3.85. The van der Waals surface area contributed by atoms with Crippen LogP contribution in [0.5, 0.6) is 0 Å². The van der Waals surface area contributed by atoms with Gasteiger partial charge in [-0.3, -0.25) is 9.59 Å². The van der Waals surface area contributed by atoms with Crippen molar-refractivity contribution >= 4 is 22.9 Å². The number of carbonyl (C=O) groups is 2. The van der Waals surface area contributed by atoms with Crippen LogP contribution in [0.15, 0.2) is 12.3 Å². The topological polar surface area (TPSA) is 106 Å². The van der Waals surface area contributed by atoms with Gasteiger partial charge in [0.2, 0.25) is 0 Å². The summed E-state index contributed by atoms with van der Waals surface area (Å²) in [6, 6.07) is 1.78. The molecule has 0 radical (unpaired) electrons. The van der Waals surface area contributed by atoms with Crippen molar-refractivity contribution in [2.24, 2.45) is 0 Å². The molecule has 2 heterocycles. The fourth-order valence-electron chi connectivity index (χ4n) is 2.83. The van der Waals surface area contributed by atoms with Gasteiger partial charge in [-0.15, -0.1) is 0 Å². The van der Waals surface area contributed by atoms with Gasteiger partial charge in [0, 0.05) is 18.8 Å². The fraction of sp³-hybridized carbons (Fsp3) is 0.529. The average molecular weight is 348 g/mol. The lowest BCUT2D eigenvalue weighted by Gasteiger charge is -2.28. The lowest BCUT2D eigenvalue weighted by atomic mass is 9.98. The van der Waals surface area contributed by atoms with E-state index in [0.717, 1.165) is 0 Å². The SMILES string of the molecule is COCC(C)(CC(=O)O)NC(=O)c1cc(C)nc2c1cnn2C(C)C. The molecule has 136 valence electrons. The molecule has 2 N–H and O–H groups in total. The molecule has 0 fully saturated rings. The minimum absolute atomic E-state index is 0.0868. The lowest BCUT2D eigenvalue weighted by Crippen LogP contribution is -2.50. The number of pyridine rings is 1. The second kappa shape index (κ2) is 7.18. The van der Waals surface area contributed by atoms with E-state index in [-0.39, 0.29) is 25.0 Å². The zero-order valence-corrected chi connectivity index (χ0v) is 15.2. The van der Waals surface area contributed by atoms with Gasteiger partial charge in [-0.05, 0) is 33.8 Å². The molecule has 0 saturated heterocycles. The number of carboxylic acid groups (broad SMARTS) is 1. The molecule has 1 amide bonds. The maximum absolute atomic E-state index is 12.8. The number of carboxylic acids is 1. The quantitative estimate of drug-likeness (QED) is 0.792. The predicted molar refractivity (Wildman–Crippen MR) is 92.7 cm³/mol. The Morgan fingerprint density at radius 2 is 2.12 bits per heavy atom. The van der Waals surface area contributed by atoms with E-state index in [9.17, 15) is 9.59 Å². The molecular weight excluding hydrogens is 324 g/mol. The summed E-state index contributed by atoms with van der Waals surface area (Å²) in [5, 5.41) is 16.8. The Bertz CT molecular complexity index is 799. The van der Waals surface area contributed by atoms with Gasteiger partial charge < -0.3 is 15.2 Å². The maximum atomic E-state index is 12.8. The number of carbonyl (C=O) groups excluding carboxylic acids is 1. The summed E-state index contributed by atoms with van der Waals surface area (Å²) in [7, 11) is 1.47. The van der Waals surface area contributed by atoms with Crippen LogP contribution < -0.4 is 5.32 Å². The summed E-state index contributed by atoms with van der Waals surface area (Å²) in [4.78, 5) is 28.4. The van der Waals surface area contributed by atoms with Crippen LogP contribution in [0.2, 0.25) is 0 Å². The predicted octanol–water partition coefficient (Wildman–Crippen LogP) is 1.93. The first-order valence-electron chi connectivity index (χ1n) is 8.05. The number of aryl methyl sites for hydroxylation is 1. The van der Waals surface area contributed by atoms with Crippen molar-refractivity contribution in [3.05, 3.63) is 23.5 Å². The molecule has 2 aromatic heterocycles. The van der Waals surface area contributed by atoms with Crippen molar-refractivity contribution in [2.45, 2.75) is 45.7 Å². The highest BCUT2D eigenvalue weighted by molar-refractivity contribution is 6.05. The molecular formula is C17H24N4O4. The normalized spacial score (nSPS) is 13.8. The number of nitrogens with zero attached hydrogens (tertiary/aromatic N) is 3. The Hall–Kier alpha value is -2.48. The van der Waals surface area contributed by atoms with Gasteiger partial charge >= 0.3 is 5.97 Å². The number of rotatable bonds is 7. The van der Waals surface area contributed by atoms with Gasteiger partial charge in [0.1, 0.15) is 0 Å². The van der Waals surface area contributed by atoms with Gasteiger partial charge in [-0.2, -0.15) is 5.10 Å². The van der Waals surface area contributed by atoms with E-state index in [4.69, 9.17) is 9.84 Å². The molecule has 2 rings (SSSR count). The third kappa shape index (κ3) is 4.14. The smallest absolute Gasteiger partial charge is 0.305 e. The number of fused-ring (bicyclic) bond motifs is 1. The average Bonchev–Trinajstić information content (AvgIpc) is 2.88. The van der Waals surface area contributed by atoms with Crippen LogP contribution in [0.3, 0.4) is 0 Å². The first-order valence-corrected chi connectivity index (χ1v) is 8.05. The first kappa shape index (κ1) is 18.9. The number of aliphatic carboxylic acids is 1. The maximum Gasteiger partial charge on any atom is 0.305 e. The Labute approximate surface area is 146 Å². The molecule has 0 spiro atoms. The highest BCUT2D eigenvalue weighted by atomic mass is 16.5. The van der Waals surface area contributed by atoms with E-state index in [2.05, 4.69) is 15.4 Å². The number of hydrogen-bond donors (Lipinski definition) is 2. The molecule has 0 bridgehead atoms. The lowest BCUT2D eigenvalue weighted by molar-refractivity contribution is -0.139. The van der Waals surface area contributed by atoms with Gasteiger partial charge in [-0.1, -0.05) is 0 Å². The molecule has 0 aromatic carbocycles. The summed E-state index contributed by atoms with van der Waals surface area (Å²) in [6.45, 7) is 7.51. The summed E-state index contributed by atoms with van der Waals surface area (Å²) in [5.41, 5.74) is 0.718. The molecule has 8 nitrogen and oxygen atoms in total. The number of nitrogens with one attached hydrogen (secondary N) is 1. The van der Waals surface area contributed by atoms with E-state index >= 15 is 0 Å². The molecule has 1 unspecified atom stereocenters. The van der Waals surface area contributed by atoms with Crippen LogP contribution in [-0.2, 0) is 9.53 Å². The molecule has 0 aliphatic rings. The largest absolute Gasteiger partial charge is 0.481 e. The number of hydrogen-bond acceptors (Lipinski definition) is 5. The van der Waals surface area contributed by atoms with Crippen LogP contribution >= 0.6 is 0 Å². The number of methoxy groups -OCH3 is 1. The number of aromatic nitrogens is 3. The molecule has 25 heavy (non-hydrogen) atoms. The van der Waals surface area contributed by atoms with Gasteiger partial charge in [0.25, 0.3) is 5.91 Å². The van der Waals surface area contributed by atoms with Gasteiger partial charge in [-0.25, -0.2) is 9.67 Å². The number of ether oxygens (including phenoxy) is 1. The second-order valence-electron chi connectivity index (χ2n) is 6.75. The minimum atomic E-state index is -1.02. The first-order chi connectivity index (χ1) is 11.7. The zero-order chi connectivity index (χ0) is 18.8. The van der Waals surface area contributed by atoms with Crippen molar-refractivity contribution in [3.8, 4) is 0 Å². The fourth-order valence-corrected chi connectivity index (χ4v) is 2.83. The Morgan fingerprint density at radius 3 is 2.68 bits per heavy atom. The second-order valence-corrected chi connectivity index (χ2v) is 6.75. The third-order valence-electron chi connectivity index (χ3n) is 3.85. The van der Waals surface area contributed by atoms with Crippen LogP contribution in [0, 0.1) is 6.92 Å². The summed E-state index contributed by atoms with van der Waals surface area (Å²) in [5.74, 6) is -1.39. The molecule has 0 aliphatic carbocycles. The summed E-state index contributed by atoms with van der Waals surface area (Å²) in [6.07, 6.45) is 1.37. The van der Waals surface area contributed by atoms with Gasteiger partial charge in [0.15, 0.2) is 5.65 Å². The zero-order valence-electron chi connectivity index (χ0n) is 15.2. The van der Waals surface area contributed by atoms with Crippen molar-refractivity contribution in [2.75, 3.05) is 13.7 Å². The van der Waals surface area contributed by atoms with E-state index in [1.165, 1.54) is 7.11 Å². The van der Waals surface area contributed by atoms with E-state index in [1.54, 1.807) is 30.8 Å². The molecule has 2 aromatic rings. The van der Waals surface area contributed by atoms with Crippen LogP contribution in [0.1, 0.15) is 49.3 Å². The standard InChI is InChI=1S/C17H24N4O4/c1-10(2)21-15-13(8-18-21)12(6-11(3)19-15)16(24)20-17(4,9-25-5)7-14(22)23/h6,8,10H,7,9H2,1-5H3,(H,20,24)(H,22,23). The molecule has 8 heteroatoms. The van der Waals surface area contributed by atoms with Crippen molar-refractivity contribution in [3.63, 3.8) is 0 Å². The summed E-state index contributed by atoms with van der Waals surface area (Å²) >= 11 is 0. The monoisotopic (exact) mass is 348 g/mol. The van der Waals surface area contributed by atoms with E-state index in [1.807, 2.05) is 13.8 Å². The minimum Gasteiger partial charge on any atom is -0.481 e. The van der Waals surface area contributed by atoms with E-state index < -0.39 is 11.5 Å². The Kier molecular flexibility index (Phi) is 5.42. The molecule has 1 atom stereocenters. The number of amides is 1. The van der Waals surface area contributed by atoms with E-state index in [0.29, 0.717) is 22.3 Å². The van der Waals surface area contributed by atoms with Crippen LogP contribution in [-0.4, -0.2) is 51.0 Å². The molecule has 0 saturated carbocycles. The summed E-state index contributed by atoms with van der Waals surface area (Å²) < 4.78 is 6.84. The van der Waals surface area contributed by atoms with Gasteiger partial charge in [0.05, 0.1) is 35.7 Å². The van der Waals surface area contributed by atoms with Crippen LogP contribution in [0.25, 0.3) is 11.0 Å². The van der Waals surface area contributed by atoms with Crippen molar-refractivity contribution in [1.82, 2.24) is 20.1 Å². The highest BCUT2D eigenvalue weighted by Gasteiger charge is 2.31. The Morgan fingerprint density at radius 1 is 1.44 bits per heavy atom.